The van der Waals surface area contributed by atoms with Crippen LogP contribution in [0.2, 0.25) is 0 Å². The molecule has 0 aromatic heterocycles. The van der Waals surface area contributed by atoms with Gasteiger partial charge in [0.15, 0.2) is 0 Å². The van der Waals surface area contributed by atoms with Crippen LogP contribution >= 0.6 is 0 Å². The lowest BCUT2D eigenvalue weighted by Crippen LogP contribution is -2.33. The van der Waals surface area contributed by atoms with E-state index in [0.717, 1.165) is 16.1 Å². The van der Waals surface area contributed by atoms with Crippen molar-refractivity contribution in [3.05, 3.63) is 48.0 Å². The van der Waals surface area contributed by atoms with Crippen molar-refractivity contribution in [2.24, 2.45) is 0 Å². The summed E-state index contributed by atoms with van der Waals surface area (Å²) in [4.78, 5) is 12.3. The number of sulfonamides is 1. The van der Waals surface area contributed by atoms with E-state index >= 15 is 0 Å². The third-order valence-electron chi connectivity index (χ3n) is 4.02. The van der Waals surface area contributed by atoms with Gasteiger partial charge in [0.2, 0.25) is 15.9 Å². The molecule has 0 aliphatic heterocycles. The average molecular weight is 392 g/mol. The van der Waals surface area contributed by atoms with Crippen molar-refractivity contribution >= 4 is 27.3 Å². The highest BCUT2D eigenvalue weighted by Gasteiger charge is 2.23. The van der Waals surface area contributed by atoms with Crippen LogP contribution in [0.5, 0.6) is 11.5 Å². The van der Waals surface area contributed by atoms with Crippen LogP contribution in [0.1, 0.15) is 12.0 Å². The van der Waals surface area contributed by atoms with E-state index in [1.54, 1.807) is 24.3 Å². The minimum Gasteiger partial charge on any atom is -0.497 e. The molecule has 0 saturated heterocycles. The number of aryl methyl sites for hydroxylation is 1. The van der Waals surface area contributed by atoms with Gasteiger partial charge in [-0.15, -0.1) is 0 Å². The predicted molar refractivity (Wildman–Crippen MR) is 106 cm³/mol. The number of methoxy groups -OCH3 is 2. The maximum absolute atomic E-state index is 12.3. The summed E-state index contributed by atoms with van der Waals surface area (Å²) < 4.78 is 36.2. The molecule has 2 aromatic rings. The standard InChI is InChI=1S/C19H24N2O5S/c1-14-7-5-6-8-16(14)20-19(22)11-12-21(27(4,23)24)17-13-15(25-2)9-10-18(17)26-3/h5-10,13H,11-12H2,1-4H3,(H,20,22). The van der Waals surface area contributed by atoms with E-state index in [9.17, 15) is 13.2 Å². The number of ether oxygens (including phenoxy) is 2. The van der Waals surface area contributed by atoms with Crippen LogP contribution < -0.4 is 19.1 Å². The van der Waals surface area contributed by atoms with E-state index in [0.29, 0.717) is 22.9 Å². The lowest BCUT2D eigenvalue weighted by molar-refractivity contribution is -0.116. The van der Waals surface area contributed by atoms with E-state index in [2.05, 4.69) is 5.32 Å². The van der Waals surface area contributed by atoms with Gasteiger partial charge in [-0.3, -0.25) is 9.10 Å². The van der Waals surface area contributed by atoms with Crippen molar-refractivity contribution in [1.82, 2.24) is 0 Å². The maximum Gasteiger partial charge on any atom is 0.232 e. The van der Waals surface area contributed by atoms with Crippen LogP contribution in [0.25, 0.3) is 0 Å². The molecule has 146 valence electrons. The molecule has 7 nitrogen and oxygen atoms in total. The molecule has 0 atom stereocenters. The fourth-order valence-electron chi connectivity index (χ4n) is 2.59. The Morgan fingerprint density at radius 1 is 1.11 bits per heavy atom. The number of nitrogens with one attached hydrogen (secondary N) is 1. The molecule has 0 unspecified atom stereocenters. The molecule has 8 heteroatoms. The molecule has 0 spiro atoms. The monoisotopic (exact) mass is 392 g/mol. The van der Waals surface area contributed by atoms with Gasteiger partial charge in [0.1, 0.15) is 11.5 Å². The predicted octanol–water partition coefficient (Wildman–Crippen LogP) is 2.81. The number of rotatable bonds is 8. The van der Waals surface area contributed by atoms with Crippen LogP contribution in [0, 0.1) is 6.92 Å². The Kier molecular flexibility index (Phi) is 6.68. The van der Waals surface area contributed by atoms with Crippen molar-refractivity contribution in [3.63, 3.8) is 0 Å². The minimum atomic E-state index is -3.63. The largest absolute Gasteiger partial charge is 0.497 e. The van der Waals surface area contributed by atoms with Gasteiger partial charge in [0.05, 0.1) is 26.2 Å². The zero-order valence-electron chi connectivity index (χ0n) is 15.9. The first-order chi connectivity index (χ1) is 12.8. The zero-order chi connectivity index (χ0) is 20.0. The summed E-state index contributed by atoms with van der Waals surface area (Å²) in [5.74, 6) is 0.587. The molecule has 27 heavy (non-hydrogen) atoms. The zero-order valence-corrected chi connectivity index (χ0v) is 16.7. The van der Waals surface area contributed by atoms with Crippen molar-refractivity contribution in [1.29, 1.82) is 0 Å². The number of hydrogen-bond donors (Lipinski definition) is 1. The number of benzene rings is 2. The number of carbonyl (C=O) groups excluding carboxylic acids is 1. The van der Waals surface area contributed by atoms with Gasteiger partial charge in [-0.1, -0.05) is 18.2 Å². The van der Waals surface area contributed by atoms with Crippen LogP contribution in [0.3, 0.4) is 0 Å². The van der Waals surface area contributed by atoms with Crippen LogP contribution in [-0.2, 0) is 14.8 Å². The van der Waals surface area contributed by atoms with Crippen molar-refractivity contribution in [2.45, 2.75) is 13.3 Å². The summed E-state index contributed by atoms with van der Waals surface area (Å²) in [7, 11) is -0.687. The smallest absolute Gasteiger partial charge is 0.232 e. The lowest BCUT2D eigenvalue weighted by Gasteiger charge is -2.24. The van der Waals surface area contributed by atoms with Gasteiger partial charge in [-0.05, 0) is 30.7 Å². The Bertz CT molecular complexity index is 912. The fraction of sp³-hybridized carbons (Fsp3) is 0.316. The number of amides is 1. The third kappa shape index (κ3) is 5.37. The second kappa shape index (κ2) is 8.77. The number of hydrogen-bond acceptors (Lipinski definition) is 5. The number of anilines is 2. The summed E-state index contributed by atoms with van der Waals surface area (Å²) in [6.07, 6.45) is 1.08. The molecular formula is C19H24N2O5S. The Labute approximate surface area is 160 Å². The van der Waals surface area contributed by atoms with Crippen LogP contribution in [0.4, 0.5) is 11.4 Å². The topological polar surface area (TPSA) is 84.9 Å². The normalized spacial score (nSPS) is 11.0. The van der Waals surface area contributed by atoms with Gasteiger partial charge >= 0.3 is 0 Å². The first-order valence-electron chi connectivity index (χ1n) is 8.31. The Balaban J connectivity index is 2.21. The highest BCUT2D eigenvalue weighted by molar-refractivity contribution is 7.92. The molecule has 0 saturated carbocycles. The molecule has 0 radical (unpaired) electrons. The van der Waals surface area contributed by atoms with Crippen molar-refractivity contribution in [3.8, 4) is 11.5 Å². The average Bonchev–Trinajstić information content (AvgIpc) is 2.62. The van der Waals surface area contributed by atoms with Crippen molar-refractivity contribution in [2.75, 3.05) is 36.6 Å². The first-order valence-corrected chi connectivity index (χ1v) is 10.2. The highest BCUT2D eigenvalue weighted by atomic mass is 32.2. The molecule has 2 rings (SSSR count). The maximum atomic E-state index is 12.3. The first kappa shape index (κ1) is 20.6. The van der Waals surface area contributed by atoms with E-state index in [-0.39, 0.29) is 18.9 Å². The number of para-hydroxylation sites is 1. The van der Waals surface area contributed by atoms with Gasteiger partial charge in [0, 0.05) is 24.7 Å². The Morgan fingerprint density at radius 3 is 2.41 bits per heavy atom. The third-order valence-corrected chi connectivity index (χ3v) is 5.20. The van der Waals surface area contributed by atoms with E-state index in [4.69, 9.17) is 9.47 Å². The number of nitrogens with zero attached hydrogens (tertiary/aromatic N) is 1. The summed E-state index contributed by atoms with van der Waals surface area (Å²) in [5, 5.41) is 2.80. The molecule has 0 heterocycles. The number of carbonyl (C=O) groups is 1. The summed E-state index contributed by atoms with van der Waals surface area (Å²) in [5.41, 5.74) is 1.95. The van der Waals surface area contributed by atoms with Gasteiger partial charge in [0.25, 0.3) is 0 Å². The Morgan fingerprint density at radius 2 is 1.81 bits per heavy atom. The quantitative estimate of drug-likeness (QED) is 0.747. The van der Waals surface area contributed by atoms with E-state index < -0.39 is 10.0 Å². The summed E-state index contributed by atoms with van der Waals surface area (Å²) >= 11 is 0. The molecule has 0 bridgehead atoms. The summed E-state index contributed by atoms with van der Waals surface area (Å²) in [6, 6.07) is 12.3. The molecule has 0 aliphatic rings. The SMILES string of the molecule is COc1ccc(OC)c(N(CCC(=O)Nc2ccccc2C)S(C)(=O)=O)c1. The fourth-order valence-corrected chi connectivity index (χ4v) is 3.51. The van der Waals surface area contributed by atoms with Crippen LogP contribution in [0.15, 0.2) is 42.5 Å². The molecule has 1 N–H and O–H groups in total. The van der Waals surface area contributed by atoms with E-state index in [1.165, 1.54) is 14.2 Å². The molecule has 2 aromatic carbocycles. The second-order valence-corrected chi connectivity index (χ2v) is 7.89. The van der Waals surface area contributed by atoms with Crippen molar-refractivity contribution < 1.29 is 22.7 Å². The lowest BCUT2D eigenvalue weighted by atomic mass is 10.2. The molecule has 0 aliphatic carbocycles. The summed E-state index contributed by atoms with van der Waals surface area (Å²) in [6.45, 7) is 1.86. The van der Waals surface area contributed by atoms with E-state index in [1.807, 2.05) is 25.1 Å². The Hall–Kier alpha value is -2.74. The van der Waals surface area contributed by atoms with Gasteiger partial charge < -0.3 is 14.8 Å². The van der Waals surface area contributed by atoms with Gasteiger partial charge in [-0.25, -0.2) is 8.42 Å². The molecule has 0 fully saturated rings. The van der Waals surface area contributed by atoms with Gasteiger partial charge in [-0.2, -0.15) is 0 Å². The molecular weight excluding hydrogens is 368 g/mol. The highest BCUT2D eigenvalue weighted by Crippen LogP contribution is 2.33. The molecule has 1 amide bonds. The van der Waals surface area contributed by atoms with Crippen LogP contribution in [-0.4, -0.2) is 41.3 Å². The second-order valence-electron chi connectivity index (χ2n) is 5.99. The minimum absolute atomic E-state index is 0.0121.